The third-order valence-corrected chi connectivity index (χ3v) is 19.4. The lowest BCUT2D eigenvalue weighted by Crippen LogP contribution is -2.68. The molecule has 0 aromatic rings. The Balaban J connectivity index is 1.03. The predicted octanol–water partition coefficient (Wildman–Crippen LogP) is -0.323. The summed E-state index contributed by atoms with van der Waals surface area (Å²) in [6, 6.07) is 0. The second kappa shape index (κ2) is 18.2. The molecule has 0 bridgehead atoms. The summed E-state index contributed by atoms with van der Waals surface area (Å²) in [7, 11) is 0. The zero-order valence-corrected chi connectivity index (χ0v) is 39.8. The number of aliphatic hydroxyl groups excluding tert-OH is 11. The van der Waals surface area contributed by atoms with Crippen LogP contribution >= 0.6 is 0 Å². The molecule has 24 atom stereocenters. The van der Waals surface area contributed by atoms with Crippen LogP contribution in [0, 0.1) is 50.2 Å². The number of ether oxygens (including phenoxy) is 6. The molecule has 5 aliphatic carbocycles. The Hall–Kier alpha value is -1.47. The molecule has 12 N–H and O–H groups in total. The number of aliphatic hydroxyl groups is 11. The second-order valence-corrected chi connectivity index (χ2v) is 23.7. The molecule has 0 amide bonds. The predicted molar refractivity (Wildman–Crippen MR) is 232 cm³/mol. The number of carboxylic acid groups (broad SMARTS) is 1. The van der Waals surface area contributed by atoms with Crippen LogP contribution in [-0.2, 0) is 33.2 Å². The molecule has 384 valence electrons. The normalized spacial score (nSPS) is 53.9. The number of allylic oxidation sites excluding steroid dienone is 2. The maximum atomic E-state index is 12.7. The minimum absolute atomic E-state index is 0.0375. The van der Waals surface area contributed by atoms with Crippen LogP contribution in [0.1, 0.15) is 106 Å². The highest BCUT2D eigenvalue weighted by Gasteiger charge is 2.70. The Morgan fingerprint density at radius 3 is 1.87 bits per heavy atom. The number of aliphatic carboxylic acids is 1. The Morgan fingerprint density at radius 2 is 1.25 bits per heavy atom. The number of carbonyl (C=O) groups is 1. The smallest absolute Gasteiger partial charge is 0.335 e. The molecule has 3 heterocycles. The van der Waals surface area contributed by atoms with Gasteiger partial charge in [0.05, 0.1) is 32.0 Å². The highest BCUT2D eigenvalue weighted by atomic mass is 16.7. The van der Waals surface area contributed by atoms with Crippen LogP contribution in [0.15, 0.2) is 11.6 Å². The molecule has 3 saturated heterocycles. The van der Waals surface area contributed by atoms with Gasteiger partial charge in [0, 0.05) is 5.41 Å². The molecule has 0 aromatic carbocycles. The maximum Gasteiger partial charge on any atom is 0.335 e. The fourth-order valence-corrected chi connectivity index (χ4v) is 15.2. The molecule has 0 aromatic heterocycles. The van der Waals surface area contributed by atoms with Gasteiger partial charge in [-0.05, 0) is 103 Å². The Morgan fingerprint density at radius 1 is 0.657 bits per heavy atom. The standard InChI is InChI=1S/C48H78O19/c1-43(2)14-15-48(20-62-40-33(56)31(54)29(52)23(18-49)63-40)22(16-43)21-8-9-26-45(5)12-11-28(44(3,4)25(45)10-13-46(26,6)47(21,7)17-27(48)51)65-42-36(59)37(35(58)38(67-42)39(60)61)66-41-34(57)32(55)30(53)24(19-50)64-41/h8,22-38,40-42,49-59H,9-20H2,1-7H3,(H,60,61)/t22-,23+,24+,25-,26+,27-,28-,29+,30+,31-,32-,33+,34+,35-,36+,37-,38-,40+,41-,42+,45-,46+,47+,48+/m0/s1. The van der Waals surface area contributed by atoms with Crippen molar-refractivity contribution >= 4 is 5.97 Å². The van der Waals surface area contributed by atoms with Crippen molar-refractivity contribution in [2.24, 2.45) is 50.2 Å². The number of rotatable bonds is 10. The number of hydrogen-bond acceptors (Lipinski definition) is 18. The highest BCUT2D eigenvalue weighted by molar-refractivity contribution is 5.73. The molecule has 67 heavy (non-hydrogen) atoms. The fraction of sp³-hybridized carbons (Fsp3) is 0.938. The monoisotopic (exact) mass is 959 g/mol. The van der Waals surface area contributed by atoms with Gasteiger partial charge in [0.25, 0.3) is 0 Å². The first-order chi connectivity index (χ1) is 31.2. The molecule has 0 radical (unpaired) electrons. The zero-order valence-electron chi connectivity index (χ0n) is 39.8. The van der Waals surface area contributed by atoms with Gasteiger partial charge in [-0.25, -0.2) is 4.79 Å². The van der Waals surface area contributed by atoms with Crippen LogP contribution in [-0.4, -0.2) is 191 Å². The molecule has 0 unspecified atom stereocenters. The molecule has 19 nitrogen and oxygen atoms in total. The molecule has 8 rings (SSSR count). The summed E-state index contributed by atoms with van der Waals surface area (Å²) in [6.45, 7) is 14.5. The van der Waals surface area contributed by atoms with Crippen LogP contribution in [0.4, 0.5) is 0 Å². The lowest BCUT2D eigenvalue weighted by Gasteiger charge is -2.72. The number of carboxylic acids is 1. The summed E-state index contributed by atoms with van der Waals surface area (Å²) < 4.78 is 35.7. The lowest BCUT2D eigenvalue weighted by atomic mass is 9.33. The van der Waals surface area contributed by atoms with Crippen LogP contribution in [0.2, 0.25) is 0 Å². The van der Waals surface area contributed by atoms with Gasteiger partial charge in [-0.2, -0.15) is 0 Å². The quantitative estimate of drug-likeness (QED) is 0.0986. The average Bonchev–Trinajstić information content (AvgIpc) is 3.26. The first-order valence-corrected chi connectivity index (χ1v) is 24.4. The summed E-state index contributed by atoms with van der Waals surface area (Å²) in [5, 5.41) is 128. The van der Waals surface area contributed by atoms with E-state index in [4.69, 9.17) is 28.4 Å². The molecule has 4 saturated carbocycles. The van der Waals surface area contributed by atoms with Crippen molar-refractivity contribution in [1.29, 1.82) is 0 Å². The molecule has 3 aliphatic heterocycles. The van der Waals surface area contributed by atoms with Crippen LogP contribution in [0.25, 0.3) is 0 Å². The van der Waals surface area contributed by atoms with Gasteiger partial charge in [-0.15, -0.1) is 0 Å². The third-order valence-electron chi connectivity index (χ3n) is 19.4. The topological polar surface area (TPSA) is 315 Å². The van der Waals surface area contributed by atoms with Crippen molar-refractivity contribution in [2.75, 3.05) is 19.8 Å². The van der Waals surface area contributed by atoms with Gasteiger partial charge in [0.2, 0.25) is 0 Å². The van der Waals surface area contributed by atoms with E-state index in [0.29, 0.717) is 19.3 Å². The van der Waals surface area contributed by atoms with E-state index in [-0.39, 0.29) is 40.6 Å². The van der Waals surface area contributed by atoms with Gasteiger partial charge in [0.15, 0.2) is 25.0 Å². The van der Waals surface area contributed by atoms with E-state index in [2.05, 4.69) is 54.5 Å². The van der Waals surface area contributed by atoms with Gasteiger partial charge < -0.3 is 89.7 Å². The Bertz CT molecular complexity index is 1830. The third kappa shape index (κ3) is 8.19. The van der Waals surface area contributed by atoms with Gasteiger partial charge in [-0.3, -0.25) is 0 Å². The largest absolute Gasteiger partial charge is 0.479 e. The fourth-order valence-electron chi connectivity index (χ4n) is 15.2. The van der Waals surface area contributed by atoms with Crippen molar-refractivity contribution in [3.63, 3.8) is 0 Å². The minimum atomic E-state index is -1.97. The molecular formula is C48H78O19. The van der Waals surface area contributed by atoms with Gasteiger partial charge in [0.1, 0.15) is 67.1 Å². The van der Waals surface area contributed by atoms with E-state index in [1.54, 1.807) is 0 Å². The first-order valence-electron chi connectivity index (χ1n) is 24.4. The zero-order chi connectivity index (χ0) is 49.1. The van der Waals surface area contributed by atoms with E-state index in [9.17, 15) is 66.1 Å². The summed E-state index contributed by atoms with van der Waals surface area (Å²) in [4.78, 5) is 12.4. The van der Waals surface area contributed by atoms with Crippen molar-refractivity contribution in [2.45, 2.75) is 211 Å². The minimum Gasteiger partial charge on any atom is -0.479 e. The van der Waals surface area contributed by atoms with E-state index >= 15 is 0 Å². The number of fused-ring (bicyclic) bond motifs is 7. The van der Waals surface area contributed by atoms with Crippen molar-refractivity contribution in [3.8, 4) is 0 Å². The van der Waals surface area contributed by atoms with E-state index in [1.165, 1.54) is 5.57 Å². The summed E-state index contributed by atoms with van der Waals surface area (Å²) in [5.41, 5.74) is -0.874. The summed E-state index contributed by atoms with van der Waals surface area (Å²) >= 11 is 0. The van der Waals surface area contributed by atoms with Crippen LogP contribution in [0.5, 0.6) is 0 Å². The van der Waals surface area contributed by atoms with E-state index in [0.717, 1.165) is 38.5 Å². The second-order valence-electron chi connectivity index (χ2n) is 23.7. The first kappa shape index (κ1) is 51.9. The molecule has 8 aliphatic rings. The van der Waals surface area contributed by atoms with Gasteiger partial charge >= 0.3 is 5.97 Å². The van der Waals surface area contributed by atoms with Crippen molar-refractivity contribution < 1.29 is 94.5 Å². The van der Waals surface area contributed by atoms with E-state index in [1.807, 2.05) is 0 Å². The highest BCUT2D eigenvalue weighted by Crippen LogP contribution is 2.76. The lowest BCUT2D eigenvalue weighted by molar-refractivity contribution is -0.365. The summed E-state index contributed by atoms with van der Waals surface area (Å²) in [6.07, 6.45) is -17.1. The van der Waals surface area contributed by atoms with Crippen molar-refractivity contribution in [1.82, 2.24) is 0 Å². The average molecular weight is 959 g/mol. The molecule has 7 fully saturated rings. The Labute approximate surface area is 392 Å². The number of hydrogen-bond donors (Lipinski definition) is 12. The van der Waals surface area contributed by atoms with Crippen molar-refractivity contribution in [3.05, 3.63) is 11.6 Å². The molecule has 0 spiro atoms. The Kier molecular flexibility index (Phi) is 14.1. The molecule has 19 heteroatoms. The van der Waals surface area contributed by atoms with Crippen LogP contribution < -0.4 is 0 Å². The maximum absolute atomic E-state index is 12.7. The SMILES string of the molecule is CC1(C)CC[C@]2(CO[C@@H]3O[C@H](CO)[C@@H](O)[C@H](O)[C@H]3O)[C@@H](O)C[C@]3(C)C(=CC[C@@H]4[C@@]5(C)CC[C@H](O[C@@H]6O[C@H](C(=O)O)[C@@H](O)[C@H](O[C@@H]7O[C@H](CO)[C@@H](O)[C@H](O)[C@H]7O)[C@H]6O)C(C)(C)[C@@H]5CC[C@]43C)[C@@H]2C1. The van der Waals surface area contributed by atoms with E-state index < -0.39 is 140 Å². The summed E-state index contributed by atoms with van der Waals surface area (Å²) in [5.74, 6) is -1.35. The molecular weight excluding hydrogens is 881 g/mol. The van der Waals surface area contributed by atoms with Crippen LogP contribution in [0.3, 0.4) is 0 Å². The van der Waals surface area contributed by atoms with Gasteiger partial charge in [-0.1, -0.05) is 60.1 Å².